The second-order valence-corrected chi connectivity index (χ2v) is 3.94. The van der Waals surface area contributed by atoms with Gasteiger partial charge in [0.1, 0.15) is 0 Å². The molecule has 0 bridgehead atoms. The molecular formula is C10H20N2O2. The molecule has 0 aromatic heterocycles. The molecule has 4 heteroatoms. The van der Waals surface area contributed by atoms with Crippen molar-refractivity contribution in [3.8, 4) is 0 Å². The molecule has 0 aromatic rings. The zero-order valence-corrected chi connectivity index (χ0v) is 9.17. The smallest absolute Gasteiger partial charge is 0.220 e. The summed E-state index contributed by atoms with van der Waals surface area (Å²) in [6, 6.07) is 0.617. The van der Waals surface area contributed by atoms with Crippen molar-refractivity contribution in [2.24, 2.45) is 0 Å². The standard InChI is InChI=1S/C10H20N2O2/c1-7(8(2)14-3)11-6-9-4-5-10(13)12-9/h7-9,11H,4-6H2,1-3H3,(H,12,13). The molecule has 82 valence electrons. The van der Waals surface area contributed by atoms with Crippen LogP contribution in [0.15, 0.2) is 0 Å². The average Bonchev–Trinajstić information content (AvgIpc) is 2.59. The number of amides is 1. The Kier molecular flexibility index (Phi) is 4.35. The molecule has 1 aliphatic rings. The second-order valence-electron chi connectivity index (χ2n) is 3.94. The number of ether oxygens (including phenoxy) is 1. The Hall–Kier alpha value is -0.610. The highest BCUT2D eigenvalue weighted by Gasteiger charge is 2.21. The first-order valence-corrected chi connectivity index (χ1v) is 5.19. The normalized spacial score (nSPS) is 25.9. The lowest BCUT2D eigenvalue weighted by atomic mass is 10.2. The second kappa shape index (κ2) is 5.32. The molecule has 14 heavy (non-hydrogen) atoms. The molecule has 0 saturated carbocycles. The first-order valence-electron chi connectivity index (χ1n) is 5.19. The van der Waals surface area contributed by atoms with Crippen molar-refractivity contribution in [2.75, 3.05) is 13.7 Å². The third kappa shape index (κ3) is 3.27. The fraction of sp³-hybridized carbons (Fsp3) is 0.900. The molecule has 1 rings (SSSR count). The van der Waals surface area contributed by atoms with Crippen molar-refractivity contribution in [2.45, 2.75) is 44.9 Å². The van der Waals surface area contributed by atoms with Gasteiger partial charge in [0.25, 0.3) is 0 Å². The molecule has 0 aliphatic carbocycles. The topological polar surface area (TPSA) is 50.4 Å². The van der Waals surface area contributed by atoms with Gasteiger partial charge in [-0.3, -0.25) is 4.79 Å². The summed E-state index contributed by atoms with van der Waals surface area (Å²) in [4.78, 5) is 10.9. The fourth-order valence-electron chi connectivity index (χ4n) is 1.53. The molecule has 1 amide bonds. The highest BCUT2D eigenvalue weighted by atomic mass is 16.5. The van der Waals surface area contributed by atoms with Gasteiger partial charge >= 0.3 is 0 Å². The molecule has 1 heterocycles. The minimum absolute atomic E-state index is 0.171. The van der Waals surface area contributed by atoms with Gasteiger partial charge in [0.2, 0.25) is 5.91 Å². The van der Waals surface area contributed by atoms with Crippen molar-refractivity contribution < 1.29 is 9.53 Å². The maximum Gasteiger partial charge on any atom is 0.220 e. The van der Waals surface area contributed by atoms with Gasteiger partial charge in [-0.2, -0.15) is 0 Å². The average molecular weight is 200 g/mol. The van der Waals surface area contributed by atoms with E-state index < -0.39 is 0 Å². The highest BCUT2D eigenvalue weighted by Crippen LogP contribution is 2.06. The molecule has 3 atom stereocenters. The van der Waals surface area contributed by atoms with E-state index in [1.165, 1.54) is 0 Å². The Morgan fingerprint density at radius 3 is 2.86 bits per heavy atom. The van der Waals surface area contributed by atoms with Gasteiger partial charge in [0.05, 0.1) is 6.10 Å². The number of hydrogen-bond acceptors (Lipinski definition) is 3. The SMILES string of the molecule is COC(C)C(C)NCC1CCC(=O)N1. The molecule has 0 radical (unpaired) electrons. The molecule has 4 nitrogen and oxygen atoms in total. The third-order valence-electron chi connectivity index (χ3n) is 2.85. The lowest BCUT2D eigenvalue weighted by Gasteiger charge is -2.21. The van der Waals surface area contributed by atoms with Crippen LogP contribution in [-0.2, 0) is 9.53 Å². The summed E-state index contributed by atoms with van der Waals surface area (Å²) in [5.41, 5.74) is 0. The Morgan fingerprint density at radius 2 is 2.36 bits per heavy atom. The van der Waals surface area contributed by atoms with Crippen LogP contribution in [0.4, 0.5) is 0 Å². The number of rotatable bonds is 5. The third-order valence-corrected chi connectivity index (χ3v) is 2.85. The van der Waals surface area contributed by atoms with Crippen molar-refractivity contribution in [3.05, 3.63) is 0 Å². The molecule has 1 aliphatic heterocycles. The summed E-state index contributed by atoms with van der Waals surface area (Å²) in [5, 5.41) is 6.28. The quantitative estimate of drug-likeness (QED) is 0.670. The minimum atomic E-state index is 0.171. The van der Waals surface area contributed by atoms with Gasteiger partial charge in [-0.15, -0.1) is 0 Å². The molecule has 0 spiro atoms. The van der Waals surface area contributed by atoms with Crippen LogP contribution in [0.25, 0.3) is 0 Å². The van der Waals surface area contributed by atoms with Crippen molar-refractivity contribution in [3.63, 3.8) is 0 Å². The van der Waals surface area contributed by atoms with E-state index in [1.54, 1.807) is 7.11 Å². The zero-order valence-electron chi connectivity index (χ0n) is 9.17. The first-order chi connectivity index (χ1) is 6.63. The summed E-state index contributed by atoms with van der Waals surface area (Å²) in [7, 11) is 1.71. The summed E-state index contributed by atoms with van der Waals surface area (Å²) in [6.45, 7) is 4.95. The molecule has 3 unspecified atom stereocenters. The van der Waals surface area contributed by atoms with Crippen LogP contribution in [-0.4, -0.2) is 37.7 Å². The monoisotopic (exact) mass is 200 g/mol. The van der Waals surface area contributed by atoms with Crippen molar-refractivity contribution in [1.82, 2.24) is 10.6 Å². The van der Waals surface area contributed by atoms with Gasteiger partial charge in [-0.25, -0.2) is 0 Å². The Bertz CT molecular complexity index is 197. The van der Waals surface area contributed by atoms with Crippen LogP contribution in [0.5, 0.6) is 0 Å². The number of nitrogens with one attached hydrogen (secondary N) is 2. The van der Waals surface area contributed by atoms with E-state index in [2.05, 4.69) is 17.6 Å². The van der Waals surface area contributed by atoms with Crippen LogP contribution in [0, 0.1) is 0 Å². The number of hydrogen-bond donors (Lipinski definition) is 2. The van der Waals surface area contributed by atoms with Crippen LogP contribution in [0.1, 0.15) is 26.7 Å². The number of carbonyl (C=O) groups is 1. The zero-order chi connectivity index (χ0) is 10.6. The van der Waals surface area contributed by atoms with Gasteiger partial charge in [0.15, 0.2) is 0 Å². The maximum absolute atomic E-state index is 10.9. The summed E-state index contributed by atoms with van der Waals surface area (Å²) in [6.07, 6.45) is 1.81. The highest BCUT2D eigenvalue weighted by molar-refractivity contribution is 5.78. The molecule has 0 aromatic carbocycles. The lowest BCUT2D eigenvalue weighted by Crippen LogP contribution is -2.43. The Balaban J connectivity index is 2.17. The first kappa shape index (κ1) is 11.5. The number of methoxy groups -OCH3 is 1. The van der Waals surface area contributed by atoms with E-state index in [-0.39, 0.29) is 12.0 Å². The summed E-state index contributed by atoms with van der Waals surface area (Å²) >= 11 is 0. The van der Waals surface area contributed by atoms with Crippen molar-refractivity contribution in [1.29, 1.82) is 0 Å². The molecule has 2 N–H and O–H groups in total. The summed E-state index contributed by atoms with van der Waals surface area (Å²) < 4.78 is 5.20. The van der Waals surface area contributed by atoms with E-state index in [9.17, 15) is 4.79 Å². The van der Waals surface area contributed by atoms with E-state index in [0.717, 1.165) is 13.0 Å². The van der Waals surface area contributed by atoms with Crippen LogP contribution < -0.4 is 10.6 Å². The van der Waals surface area contributed by atoms with Gasteiger partial charge in [-0.05, 0) is 20.3 Å². The summed E-state index contributed by atoms with van der Waals surface area (Å²) in [5.74, 6) is 0.171. The van der Waals surface area contributed by atoms with E-state index in [0.29, 0.717) is 18.5 Å². The minimum Gasteiger partial charge on any atom is -0.380 e. The van der Waals surface area contributed by atoms with Gasteiger partial charge in [0, 0.05) is 32.2 Å². The van der Waals surface area contributed by atoms with E-state index in [1.807, 2.05) is 6.92 Å². The Labute approximate surface area is 85.4 Å². The van der Waals surface area contributed by atoms with Crippen LogP contribution in [0.2, 0.25) is 0 Å². The molecular weight excluding hydrogens is 180 g/mol. The fourth-order valence-corrected chi connectivity index (χ4v) is 1.53. The van der Waals surface area contributed by atoms with Gasteiger partial charge < -0.3 is 15.4 Å². The predicted octanol–water partition coefficient (Wildman–Crippen LogP) is 0.278. The molecule has 1 fully saturated rings. The van der Waals surface area contributed by atoms with E-state index in [4.69, 9.17) is 4.74 Å². The van der Waals surface area contributed by atoms with Crippen LogP contribution >= 0.6 is 0 Å². The predicted molar refractivity (Wildman–Crippen MR) is 55.1 cm³/mol. The lowest BCUT2D eigenvalue weighted by molar-refractivity contribution is -0.119. The molecule has 1 saturated heterocycles. The van der Waals surface area contributed by atoms with E-state index >= 15 is 0 Å². The van der Waals surface area contributed by atoms with Crippen molar-refractivity contribution >= 4 is 5.91 Å². The largest absolute Gasteiger partial charge is 0.380 e. The van der Waals surface area contributed by atoms with Crippen LogP contribution in [0.3, 0.4) is 0 Å². The maximum atomic E-state index is 10.9. The number of carbonyl (C=O) groups excluding carboxylic acids is 1. The van der Waals surface area contributed by atoms with Gasteiger partial charge in [-0.1, -0.05) is 0 Å². The Morgan fingerprint density at radius 1 is 1.64 bits per heavy atom.